The van der Waals surface area contributed by atoms with E-state index in [-0.39, 0.29) is 12.5 Å². The zero-order valence-corrected chi connectivity index (χ0v) is 17.5. The lowest BCUT2D eigenvalue weighted by Crippen LogP contribution is -2.35. The highest BCUT2D eigenvalue weighted by atomic mass is 16.5. The Hall–Kier alpha value is -3.93. The van der Waals surface area contributed by atoms with Gasteiger partial charge in [-0.25, -0.2) is 4.79 Å². The van der Waals surface area contributed by atoms with Gasteiger partial charge in [-0.15, -0.1) is 0 Å². The molecule has 0 aromatic heterocycles. The molecule has 0 fully saturated rings. The Morgan fingerprint density at radius 1 is 0.806 bits per heavy atom. The minimum atomic E-state index is -0.602. The highest BCUT2D eigenvalue weighted by Gasteiger charge is 2.15. The smallest absolute Gasteiger partial charge is 0.339 e. The fraction of sp³-hybridized carbons (Fsp3) is 0.160. The molecule has 158 valence electrons. The molecule has 0 unspecified atom stereocenters. The van der Waals surface area contributed by atoms with Crippen molar-refractivity contribution in [1.29, 1.82) is 0 Å². The van der Waals surface area contributed by atoms with Crippen molar-refractivity contribution < 1.29 is 19.1 Å². The van der Waals surface area contributed by atoms with E-state index in [2.05, 4.69) is 10.6 Å². The summed E-state index contributed by atoms with van der Waals surface area (Å²) in [5.41, 5.74) is 4.69. The quantitative estimate of drug-likeness (QED) is 0.573. The third-order valence-corrected chi connectivity index (χ3v) is 4.89. The first-order valence-corrected chi connectivity index (χ1v) is 9.90. The average Bonchev–Trinajstić information content (AvgIpc) is 2.79. The van der Waals surface area contributed by atoms with E-state index in [1.165, 1.54) is 0 Å². The van der Waals surface area contributed by atoms with Crippen LogP contribution in [-0.4, -0.2) is 30.9 Å². The standard InChI is InChI=1S/C25H24N2O4/c1-17-9-8-14-22(18(17)2)27-23(28)15-26-24(29)16-31-25(30)21-13-7-6-12-20(21)19-10-4-3-5-11-19/h3-14H,15-16H2,1-2H3,(H,26,29)(H,27,28). The van der Waals surface area contributed by atoms with Crippen molar-refractivity contribution >= 4 is 23.5 Å². The Balaban J connectivity index is 1.52. The van der Waals surface area contributed by atoms with Gasteiger partial charge in [-0.05, 0) is 48.2 Å². The number of hydrogen-bond acceptors (Lipinski definition) is 4. The molecule has 6 nitrogen and oxygen atoms in total. The second-order valence-electron chi connectivity index (χ2n) is 7.06. The molecule has 0 saturated heterocycles. The van der Waals surface area contributed by atoms with E-state index in [4.69, 9.17) is 4.74 Å². The number of carbonyl (C=O) groups excluding carboxylic acids is 3. The fourth-order valence-electron chi connectivity index (χ4n) is 3.05. The molecule has 0 heterocycles. The third kappa shape index (κ3) is 5.79. The number of carbonyl (C=O) groups is 3. The van der Waals surface area contributed by atoms with Gasteiger partial charge in [0.25, 0.3) is 5.91 Å². The van der Waals surface area contributed by atoms with Gasteiger partial charge in [0, 0.05) is 5.69 Å². The molecule has 31 heavy (non-hydrogen) atoms. The van der Waals surface area contributed by atoms with Crippen LogP contribution in [0.15, 0.2) is 72.8 Å². The molecule has 0 saturated carbocycles. The average molecular weight is 416 g/mol. The molecule has 0 bridgehead atoms. The van der Waals surface area contributed by atoms with Gasteiger partial charge < -0.3 is 15.4 Å². The monoisotopic (exact) mass is 416 g/mol. The van der Waals surface area contributed by atoms with Crippen molar-refractivity contribution in [3.05, 3.63) is 89.5 Å². The van der Waals surface area contributed by atoms with E-state index in [0.29, 0.717) is 11.3 Å². The lowest BCUT2D eigenvalue weighted by Gasteiger charge is -2.12. The normalized spacial score (nSPS) is 10.3. The molecule has 2 N–H and O–H groups in total. The van der Waals surface area contributed by atoms with E-state index < -0.39 is 18.5 Å². The zero-order valence-electron chi connectivity index (χ0n) is 17.5. The highest BCUT2D eigenvalue weighted by molar-refractivity contribution is 5.99. The Morgan fingerprint density at radius 3 is 2.29 bits per heavy atom. The van der Waals surface area contributed by atoms with Crippen LogP contribution in [0.3, 0.4) is 0 Å². The lowest BCUT2D eigenvalue weighted by molar-refractivity contribution is -0.126. The predicted molar refractivity (Wildman–Crippen MR) is 120 cm³/mol. The van der Waals surface area contributed by atoms with Crippen molar-refractivity contribution in [3.8, 4) is 11.1 Å². The van der Waals surface area contributed by atoms with Crippen molar-refractivity contribution in [3.63, 3.8) is 0 Å². The van der Waals surface area contributed by atoms with E-state index in [9.17, 15) is 14.4 Å². The molecule has 2 amide bonds. The summed E-state index contributed by atoms with van der Waals surface area (Å²) >= 11 is 0. The number of amides is 2. The Kier molecular flexibility index (Phi) is 7.17. The maximum Gasteiger partial charge on any atom is 0.339 e. The Morgan fingerprint density at radius 2 is 1.52 bits per heavy atom. The summed E-state index contributed by atoms with van der Waals surface area (Å²) in [6.07, 6.45) is 0. The maximum absolute atomic E-state index is 12.5. The third-order valence-electron chi connectivity index (χ3n) is 4.89. The van der Waals surface area contributed by atoms with Crippen LogP contribution >= 0.6 is 0 Å². The first kappa shape index (κ1) is 21.8. The molecule has 6 heteroatoms. The van der Waals surface area contributed by atoms with Gasteiger partial charge in [-0.2, -0.15) is 0 Å². The number of rotatable bonds is 7. The first-order valence-electron chi connectivity index (χ1n) is 9.90. The van der Waals surface area contributed by atoms with E-state index in [0.717, 1.165) is 22.3 Å². The molecule has 3 rings (SSSR count). The minimum Gasteiger partial charge on any atom is -0.452 e. The molecule has 3 aromatic rings. The van der Waals surface area contributed by atoms with Crippen LogP contribution in [0.25, 0.3) is 11.1 Å². The van der Waals surface area contributed by atoms with Gasteiger partial charge in [0.15, 0.2) is 6.61 Å². The highest BCUT2D eigenvalue weighted by Crippen LogP contribution is 2.24. The van der Waals surface area contributed by atoms with E-state index in [1.807, 2.05) is 68.4 Å². The maximum atomic E-state index is 12.5. The van der Waals surface area contributed by atoms with Gasteiger partial charge in [-0.3, -0.25) is 9.59 Å². The summed E-state index contributed by atoms with van der Waals surface area (Å²) in [4.78, 5) is 36.7. The molecule has 3 aromatic carbocycles. The summed E-state index contributed by atoms with van der Waals surface area (Å²) in [7, 11) is 0. The largest absolute Gasteiger partial charge is 0.452 e. The molecule has 0 spiro atoms. The second kappa shape index (κ2) is 10.2. The number of aryl methyl sites for hydroxylation is 1. The van der Waals surface area contributed by atoms with Crippen molar-refractivity contribution in [1.82, 2.24) is 5.32 Å². The molecule has 0 aliphatic heterocycles. The van der Waals surface area contributed by atoms with Crippen LogP contribution in [0.4, 0.5) is 5.69 Å². The van der Waals surface area contributed by atoms with Crippen LogP contribution in [0.2, 0.25) is 0 Å². The molecule has 0 aliphatic rings. The van der Waals surface area contributed by atoms with Gasteiger partial charge >= 0.3 is 5.97 Å². The summed E-state index contributed by atoms with van der Waals surface area (Å²) in [6.45, 7) is 3.18. The second-order valence-corrected chi connectivity index (χ2v) is 7.06. The summed E-state index contributed by atoms with van der Waals surface area (Å²) in [5.74, 6) is -1.51. The Labute approximate surface area is 181 Å². The fourth-order valence-corrected chi connectivity index (χ4v) is 3.05. The molecule has 0 aliphatic carbocycles. The lowest BCUT2D eigenvalue weighted by atomic mass is 10.00. The molecule has 0 atom stereocenters. The number of benzene rings is 3. The van der Waals surface area contributed by atoms with Crippen molar-refractivity contribution in [2.24, 2.45) is 0 Å². The van der Waals surface area contributed by atoms with Crippen LogP contribution < -0.4 is 10.6 Å². The minimum absolute atomic E-state index is 0.218. The first-order chi connectivity index (χ1) is 15.0. The zero-order chi connectivity index (χ0) is 22.2. The van der Waals surface area contributed by atoms with Crippen molar-refractivity contribution in [2.45, 2.75) is 13.8 Å². The van der Waals surface area contributed by atoms with Crippen LogP contribution in [0.1, 0.15) is 21.5 Å². The van der Waals surface area contributed by atoms with Crippen LogP contribution in [0.5, 0.6) is 0 Å². The topological polar surface area (TPSA) is 84.5 Å². The predicted octanol–water partition coefficient (Wildman–Crippen LogP) is 3.88. The number of hydrogen-bond donors (Lipinski definition) is 2. The number of anilines is 1. The molecular formula is C25H24N2O4. The van der Waals surface area contributed by atoms with Crippen LogP contribution in [-0.2, 0) is 14.3 Å². The van der Waals surface area contributed by atoms with Crippen LogP contribution in [0, 0.1) is 13.8 Å². The van der Waals surface area contributed by atoms with Gasteiger partial charge in [0.05, 0.1) is 12.1 Å². The summed E-state index contributed by atoms with van der Waals surface area (Å²) in [6, 6.07) is 22.1. The summed E-state index contributed by atoms with van der Waals surface area (Å²) < 4.78 is 5.15. The van der Waals surface area contributed by atoms with Gasteiger partial charge in [0.1, 0.15) is 0 Å². The van der Waals surface area contributed by atoms with Gasteiger partial charge in [-0.1, -0.05) is 60.7 Å². The molecule has 0 radical (unpaired) electrons. The van der Waals surface area contributed by atoms with E-state index >= 15 is 0 Å². The number of esters is 1. The number of nitrogens with one attached hydrogen (secondary N) is 2. The summed E-state index contributed by atoms with van der Waals surface area (Å²) in [5, 5.41) is 5.22. The van der Waals surface area contributed by atoms with Gasteiger partial charge in [0.2, 0.25) is 5.91 Å². The van der Waals surface area contributed by atoms with Crippen molar-refractivity contribution in [2.75, 3.05) is 18.5 Å². The van der Waals surface area contributed by atoms with E-state index in [1.54, 1.807) is 18.2 Å². The SMILES string of the molecule is Cc1cccc(NC(=O)CNC(=O)COC(=O)c2ccccc2-c2ccccc2)c1C. The Bertz CT molecular complexity index is 1090. The molecular weight excluding hydrogens is 392 g/mol. The number of ether oxygens (including phenoxy) is 1.